The Kier molecular flexibility index (Phi) is 3.07. The molecule has 7 heteroatoms. The molecule has 0 spiro atoms. The van der Waals surface area contributed by atoms with Crippen LogP contribution in [0.3, 0.4) is 0 Å². The van der Waals surface area contributed by atoms with Gasteiger partial charge in [0.15, 0.2) is 0 Å². The molecule has 16 heavy (non-hydrogen) atoms. The van der Waals surface area contributed by atoms with Gasteiger partial charge in [-0.3, -0.25) is 4.98 Å². The summed E-state index contributed by atoms with van der Waals surface area (Å²) in [5.41, 5.74) is 7.49. The highest BCUT2D eigenvalue weighted by atomic mass is 32.1. The third-order valence-electron chi connectivity index (χ3n) is 2.15. The summed E-state index contributed by atoms with van der Waals surface area (Å²) in [6.07, 6.45) is 3.15. The Hall–Kier alpha value is -1.60. The quantitative estimate of drug-likeness (QED) is 0.845. The Morgan fingerprint density at radius 2 is 2.12 bits per heavy atom. The van der Waals surface area contributed by atoms with Crippen molar-refractivity contribution in [3.63, 3.8) is 0 Å². The van der Waals surface area contributed by atoms with E-state index in [0.717, 1.165) is 10.6 Å². The summed E-state index contributed by atoms with van der Waals surface area (Å²) in [4.78, 5) is 9.12. The molecule has 2 heterocycles. The van der Waals surface area contributed by atoms with Crippen molar-refractivity contribution in [2.24, 2.45) is 5.73 Å². The fourth-order valence-electron chi connectivity index (χ4n) is 1.35. The first-order valence-electron chi connectivity index (χ1n) is 4.63. The molecule has 0 aliphatic heterocycles. The Balaban J connectivity index is 2.41. The zero-order chi connectivity index (χ0) is 11.5. The predicted octanol–water partition coefficient (Wildman–Crippen LogP) is 0.693. The zero-order valence-electron chi connectivity index (χ0n) is 8.91. The van der Waals surface area contributed by atoms with Crippen LogP contribution in [0.1, 0.15) is 22.3 Å². The number of methoxy groups -OCH3 is 1. The maximum Gasteiger partial charge on any atom is 0.237 e. The van der Waals surface area contributed by atoms with E-state index < -0.39 is 6.04 Å². The van der Waals surface area contributed by atoms with Gasteiger partial charge in [0.25, 0.3) is 0 Å². The van der Waals surface area contributed by atoms with Gasteiger partial charge in [-0.2, -0.15) is 0 Å². The minimum absolute atomic E-state index is 0.399. The van der Waals surface area contributed by atoms with E-state index in [1.54, 1.807) is 12.4 Å². The van der Waals surface area contributed by atoms with E-state index in [2.05, 4.69) is 19.6 Å². The number of ether oxygens (including phenoxy) is 1. The summed E-state index contributed by atoms with van der Waals surface area (Å²) in [5, 5.41) is 3.92. The molecule has 2 N–H and O–H groups in total. The molecule has 0 bridgehead atoms. The zero-order valence-corrected chi connectivity index (χ0v) is 9.73. The molecule has 2 aromatic rings. The summed E-state index contributed by atoms with van der Waals surface area (Å²) in [7, 11) is 1.54. The maximum absolute atomic E-state index is 6.09. The number of hydrogen-bond acceptors (Lipinski definition) is 7. The molecule has 84 valence electrons. The minimum Gasteiger partial charge on any atom is -0.480 e. The summed E-state index contributed by atoms with van der Waals surface area (Å²) in [5.74, 6) is 0.433. The van der Waals surface area contributed by atoms with Gasteiger partial charge in [-0.1, -0.05) is 4.49 Å². The van der Waals surface area contributed by atoms with Gasteiger partial charge in [0.05, 0.1) is 23.7 Å². The molecule has 0 fully saturated rings. The van der Waals surface area contributed by atoms with Gasteiger partial charge in [0.2, 0.25) is 5.88 Å². The molecule has 6 nitrogen and oxygen atoms in total. The largest absolute Gasteiger partial charge is 0.480 e. The highest BCUT2D eigenvalue weighted by Gasteiger charge is 2.20. The van der Waals surface area contributed by atoms with Crippen molar-refractivity contribution in [1.29, 1.82) is 0 Å². The molecular formula is C9H11N5OS. The highest BCUT2D eigenvalue weighted by molar-refractivity contribution is 7.05. The van der Waals surface area contributed by atoms with Crippen molar-refractivity contribution < 1.29 is 4.74 Å². The standard InChI is InChI=1S/C9H11N5OS/c1-5-8(16-14-13-5)6(10)7-9(15-2)12-4-3-11-7/h3-4,6H,10H2,1-2H3. The summed E-state index contributed by atoms with van der Waals surface area (Å²) in [6.45, 7) is 1.86. The van der Waals surface area contributed by atoms with E-state index >= 15 is 0 Å². The third kappa shape index (κ3) is 1.86. The monoisotopic (exact) mass is 237 g/mol. The first kappa shape index (κ1) is 10.9. The lowest BCUT2D eigenvalue weighted by molar-refractivity contribution is 0.387. The van der Waals surface area contributed by atoms with Crippen molar-refractivity contribution in [2.75, 3.05) is 7.11 Å². The van der Waals surface area contributed by atoms with Crippen LogP contribution in [-0.4, -0.2) is 26.7 Å². The van der Waals surface area contributed by atoms with Gasteiger partial charge in [0.1, 0.15) is 5.69 Å². The molecule has 0 aromatic carbocycles. The molecular weight excluding hydrogens is 226 g/mol. The number of rotatable bonds is 3. The fourth-order valence-corrected chi connectivity index (χ4v) is 2.00. The average molecular weight is 237 g/mol. The minimum atomic E-state index is -0.399. The second-order valence-electron chi connectivity index (χ2n) is 3.15. The van der Waals surface area contributed by atoms with E-state index in [9.17, 15) is 0 Å². The molecule has 0 amide bonds. The third-order valence-corrected chi connectivity index (χ3v) is 3.06. The molecule has 0 aliphatic carbocycles. The van der Waals surface area contributed by atoms with Gasteiger partial charge < -0.3 is 10.5 Å². The Bertz CT molecular complexity index is 486. The van der Waals surface area contributed by atoms with Crippen LogP contribution in [0.25, 0.3) is 0 Å². The van der Waals surface area contributed by atoms with Gasteiger partial charge >= 0.3 is 0 Å². The van der Waals surface area contributed by atoms with E-state index in [0.29, 0.717) is 11.6 Å². The van der Waals surface area contributed by atoms with Crippen molar-refractivity contribution in [3.05, 3.63) is 28.7 Å². The van der Waals surface area contributed by atoms with Crippen molar-refractivity contribution in [1.82, 2.24) is 19.6 Å². The molecule has 2 aromatic heterocycles. The lowest BCUT2D eigenvalue weighted by Gasteiger charge is -2.11. The van der Waals surface area contributed by atoms with Crippen LogP contribution in [0.15, 0.2) is 12.4 Å². The summed E-state index contributed by atoms with van der Waals surface area (Å²) in [6, 6.07) is -0.399. The Morgan fingerprint density at radius 1 is 1.38 bits per heavy atom. The molecule has 1 unspecified atom stereocenters. The van der Waals surface area contributed by atoms with E-state index in [1.807, 2.05) is 6.92 Å². The molecule has 0 aliphatic rings. The fraction of sp³-hybridized carbons (Fsp3) is 0.333. The Morgan fingerprint density at radius 3 is 2.75 bits per heavy atom. The number of nitrogens with zero attached hydrogens (tertiary/aromatic N) is 4. The van der Waals surface area contributed by atoms with Crippen LogP contribution in [-0.2, 0) is 0 Å². The van der Waals surface area contributed by atoms with Crippen molar-refractivity contribution in [3.8, 4) is 5.88 Å². The van der Waals surface area contributed by atoms with E-state index in [1.165, 1.54) is 18.6 Å². The van der Waals surface area contributed by atoms with Crippen LogP contribution in [0.4, 0.5) is 0 Å². The number of nitrogens with two attached hydrogens (primary N) is 1. The van der Waals surface area contributed by atoms with Crippen LogP contribution < -0.4 is 10.5 Å². The first-order chi connectivity index (χ1) is 7.74. The smallest absolute Gasteiger partial charge is 0.237 e. The number of aromatic nitrogens is 4. The van der Waals surface area contributed by atoms with Crippen LogP contribution in [0.5, 0.6) is 5.88 Å². The number of hydrogen-bond donors (Lipinski definition) is 1. The first-order valence-corrected chi connectivity index (χ1v) is 5.40. The van der Waals surface area contributed by atoms with E-state index in [4.69, 9.17) is 10.5 Å². The second-order valence-corrected chi connectivity index (χ2v) is 3.94. The van der Waals surface area contributed by atoms with Gasteiger partial charge in [0, 0.05) is 12.4 Å². The normalized spacial score (nSPS) is 12.4. The number of aryl methyl sites for hydroxylation is 1. The summed E-state index contributed by atoms with van der Waals surface area (Å²) < 4.78 is 8.96. The van der Waals surface area contributed by atoms with E-state index in [-0.39, 0.29) is 0 Å². The molecule has 0 saturated carbocycles. The van der Waals surface area contributed by atoms with Gasteiger partial charge in [-0.25, -0.2) is 4.98 Å². The molecule has 1 atom stereocenters. The Labute approximate surface area is 96.7 Å². The highest BCUT2D eigenvalue weighted by Crippen LogP contribution is 2.27. The molecule has 0 saturated heterocycles. The van der Waals surface area contributed by atoms with Crippen LogP contribution in [0.2, 0.25) is 0 Å². The lowest BCUT2D eigenvalue weighted by atomic mass is 10.1. The van der Waals surface area contributed by atoms with Crippen molar-refractivity contribution in [2.45, 2.75) is 13.0 Å². The lowest BCUT2D eigenvalue weighted by Crippen LogP contribution is -2.15. The van der Waals surface area contributed by atoms with Crippen LogP contribution in [0, 0.1) is 6.92 Å². The maximum atomic E-state index is 6.09. The molecule has 2 rings (SSSR count). The molecule has 0 radical (unpaired) electrons. The van der Waals surface area contributed by atoms with Gasteiger partial charge in [-0.05, 0) is 18.5 Å². The average Bonchev–Trinajstić information content (AvgIpc) is 2.74. The summed E-state index contributed by atoms with van der Waals surface area (Å²) >= 11 is 1.26. The second kappa shape index (κ2) is 4.50. The predicted molar refractivity (Wildman–Crippen MR) is 59.3 cm³/mol. The topological polar surface area (TPSA) is 86.8 Å². The van der Waals surface area contributed by atoms with Gasteiger partial charge in [-0.15, -0.1) is 5.10 Å². The SMILES string of the molecule is COc1nccnc1C(N)c1snnc1C. The van der Waals surface area contributed by atoms with Crippen molar-refractivity contribution >= 4 is 11.5 Å². The van der Waals surface area contributed by atoms with Crippen LogP contribution >= 0.6 is 11.5 Å².